The summed E-state index contributed by atoms with van der Waals surface area (Å²) in [5, 5.41) is 6.78. The molecule has 24 heavy (non-hydrogen) atoms. The van der Waals surface area contributed by atoms with Crippen molar-refractivity contribution in [3.05, 3.63) is 42.3 Å². The minimum absolute atomic E-state index is 0.234. The van der Waals surface area contributed by atoms with E-state index in [2.05, 4.69) is 22.0 Å². The zero-order chi connectivity index (χ0) is 17.7. The second-order valence-electron chi connectivity index (χ2n) is 5.64. The first-order chi connectivity index (χ1) is 11.4. The third kappa shape index (κ3) is 4.13. The molecule has 0 spiro atoms. The number of benzene rings is 1. The first-order valence-corrected chi connectivity index (χ1v) is 7.55. The number of carbonyl (C=O) groups excluding carboxylic acids is 1. The van der Waals surface area contributed by atoms with Crippen LogP contribution in [0.4, 0.5) is 4.79 Å². The predicted octanol–water partition coefficient (Wildman–Crippen LogP) is 3.02. The highest BCUT2D eigenvalue weighted by molar-refractivity contribution is 5.74. The van der Waals surface area contributed by atoms with Crippen LogP contribution in [0.1, 0.15) is 25.8 Å². The summed E-state index contributed by atoms with van der Waals surface area (Å²) in [6.45, 7) is 7.92. The molecule has 1 aromatic carbocycles. The summed E-state index contributed by atoms with van der Waals surface area (Å²) in [5.74, 6) is 1.40. The van der Waals surface area contributed by atoms with E-state index in [1.165, 1.54) is 4.90 Å². The minimum Gasteiger partial charge on any atom is -0.496 e. The molecule has 2 amide bonds. The van der Waals surface area contributed by atoms with Gasteiger partial charge in [0.1, 0.15) is 11.8 Å². The van der Waals surface area contributed by atoms with Crippen molar-refractivity contribution in [2.24, 2.45) is 0 Å². The number of rotatable bonds is 6. The quantitative estimate of drug-likeness (QED) is 0.824. The first kappa shape index (κ1) is 17.5. The van der Waals surface area contributed by atoms with E-state index in [1.807, 2.05) is 31.2 Å². The van der Waals surface area contributed by atoms with Crippen molar-refractivity contribution in [1.82, 2.24) is 20.4 Å². The number of nitrogens with one attached hydrogen (secondary N) is 1. The maximum absolute atomic E-state index is 12.1. The average Bonchev–Trinajstić information content (AvgIpc) is 3.04. The van der Waals surface area contributed by atoms with Crippen molar-refractivity contribution in [2.75, 3.05) is 20.7 Å². The van der Waals surface area contributed by atoms with Crippen LogP contribution in [0.2, 0.25) is 0 Å². The van der Waals surface area contributed by atoms with Crippen LogP contribution in [0.15, 0.2) is 40.9 Å². The second kappa shape index (κ2) is 7.63. The molecule has 1 aromatic heterocycles. The SMILES string of the molecule is C=C(C)CN(C)C(=O)N[C@H](C)c1nc(-c2ccccc2OC)no1. The Morgan fingerprint density at radius 3 is 2.83 bits per heavy atom. The van der Waals surface area contributed by atoms with E-state index in [4.69, 9.17) is 9.26 Å². The first-order valence-electron chi connectivity index (χ1n) is 7.55. The Hall–Kier alpha value is -2.83. The minimum atomic E-state index is -0.416. The molecule has 0 unspecified atom stereocenters. The van der Waals surface area contributed by atoms with Gasteiger partial charge in [0.15, 0.2) is 0 Å². The van der Waals surface area contributed by atoms with Crippen LogP contribution >= 0.6 is 0 Å². The molecule has 2 aromatic rings. The standard InChI is InChI=1S/C17H22N4O3/c1-11(2)10-21(4)17(22)18-12(3)16-19-15(20-24-16)13-8-6-7-9-14(13)23-5/h6-9,12H,1,10H2,2-5H3,(H,18,22)/t12-/m1/s1. The van der Waals surface area contributed by atoms with Crippen LogP contribution in [0, 0.1) is 0 Å². The lowest BCUT2D eigenvalue weighted by atomic mass is 10.2. The second-order valence-corrected chi connectivity index (χ2v) is 5.64. The topological polar surface area (TPSA) is 80.5 Å². The maximum Gasteiger partial charge on any atom is 0.318 e. The Morgan fingerprint density at radius 1 is 1.46 bits per heavy atom. The van der Waals surface area contributed by atoms with Crippen molar-refractivity contribution in [1.29, 1.82) is 0 Å². The summed E-state index contributed by atoms with van der Waals surface area (Å²) in [5.41, 5.74) is 1.63. The van der Waals surface area contributed by atoms with Crippen LogP contribution in [0.3, 0.4) is 0 Å². The number of hydrogen-bond donors (Lipinski definition) is 1. The Morgan fingerprint density at radius 2 is 2.17 bits per heavy atom. The molecule has 0 radical (unpaired) electrons. The summed E-state index contributed by atoms with van der Waals surface area (Å²) in [7, 11) is 3.28. The van der Waals surface area contributed by atoms with E-state index >= 15 is 0 Å². The highest BCUT2D eigenvalue weighted by atomic mass is 16.5. The summed E-state index contributed by atoms with van der Waals surface area (Å²) in [6, 6.07) is 6.75. The van der Waals surface area contributed by atoms with Gasteiger partial charge in [-0.2, -0.15) is 4.98 Å². The van der Waals surface area contributed by atoms with Gasteiger partial charge in [-0.05, 0) is 26.0 Å². The molecular weight excluding hydrogens is 308 g/mol. The van der Waals surface area contributed by atoms with Crippen LogP contribution in [0.5, 0.6) is 5.75 Å². The fraction of sp³-hybridized carbons (Fsp3) is 0.353. The lowest BCUT2D eigenvalue weighted by Gasteiger charge is -2.19. The number of likely N-dealkylation sites (N-methyl/N-ethyl adjacent to an activating group) is 1. The number of aromatic nitrogens is 2. The van der Waals surface area contributed by atoms with Gasteiger partial charge in [0.2, 0.25) is 11.7 Å². The molecule has 7 heteroatoms. The number of urea groups is 1. The monoisotopic (exact) mass is 330 g/mol. The van der Waals surface area contributed by atoms with E-state index in [0.29, 0.717) is 24.0 Å². The van der Waals surface area contributed by atoms with E-state index < -0.39 is 6.04 Å². The zero-order valence-electron chi connectivity index (χ0n) is 14.4. The molecular formula is C17H22N4O3. The van der Waals surface area contributed by atoms with E-state index in [9.17, 15) is 4.79 Å². The molecule has 0 aliphatic carbocycles. The average molecular weight is 330 g/mol. The number of ether oxygens (including phenoxy) is 1. The lowest BCUT2D eigenvalue weighted by Crippen LogP contribution is -2.39. The number of para-hydroxylation sites is 1. The Balaban J connectivity index is 2.10. The zero-order valence-corrected chi connectivity index (χ0v) is 14.4. The highest BCUT2D eigenvalue weighted by Gasteiger charge is 2.20. The predicted molar refractivity (Wildman–Crippen MR) is 90.7 cm³/mol. The third-order valence-electron chi connectivity index (χ3n) is 3.35. The Labute approximate surface area is 141 Å². The Bertz CT molecular complexity index is 726. The van der Waals surface area contributed by atoms with Crippen molar-refractivity contribution < 1.29 is 14.1 Å². The molecule has 2 rings (SSSR count). The van der Waals surface area contributed by atoms with Gasteiger partial charge in [0.05, 0.1) is 12.7 Å². The summed E-state index contributed by atoms with van der Waals surface area (Å²) in [6.07, 6.45) is 0. The van der Waals surface area contributed by atoms with Gasteiger partial charge in [-0.15, -0.1) is 0 Å². The molecule has 1 N–H and O–H groups in total. The lowest BCUT2D eigenvalue weighted by molar-refractivity contribution is 0.205. The maximum atomic E-state index is 12.1. The molecule has 0 aliphatic heterocycles. The highest BCUT2D eigenvalue weighted by Crippen LogP contribution is 2.27. The van der Waals surface area contributed by atoms with Gasteiger partial charge in [-0.3, -0.25) is 0 Å². The normalized spacial score (nSPS) is 11.7. The van der Waals surface area contributed by atoms with E-state index in [-0.39, 0.29) is 6.03 Å². The van der Waals surface area contributed by atoms with Crippen molar-refractivity contribution in [3.63, 3.8) is 0 Å². The van der Waals surface area contributed by atoms with Crippen molar-refractivity contribution >= 4 is 6.03 Å². The number of methoxy groups -OCH3 is 1. The number of carbonyl (C=O) groups is 1. The molecule has 0 saturated carbocycles. The van der Waals surface area contributed by atoms with Crippen LogP contribution < -0.4 is 10.1 Å². The molecule has 1 atom stereocenters. The van der Waals surface area contributed by atoms with E-state index in [0.717, 1.165) is 11.1 Å². The molecule has 0 bridgehead atoms. The van der Waals surface area contributed by atoms with Crippen molar-refractivity contribution in [3.8, 4) is 17.1 Å². The summed E-state index contributed by atoms with van der Waals surface area (Å²) in [4.78, 5) is 18.0. The fourth-order valence-corrected chi connectivity index (χ4v) is 2.18. The molecule has 0 fully saturated rings. The van der Waals surface area contributed by atoms with Gasteiger partial charge < -0.3 is 19.5 Å². The van der Waals surface area contributed by atoms with Gasteiger partial charge in [0, 0.05) is 13.6 Å². The van der Waals surface area contributed by atoms with Crippen LogP contribution in [-0.2, 0) is 0 Å². The third-order valence-corrected chi connectivity index (χ3v) is 3.35. The molecule has 1 heterocycles. The summed E-state index contributed by atoms with van der Waals surface area (Å²) >= 11 is 0. The smallest absolute Gasteiger partial charge is 0.318 e. The van der Waals surface area contributed by atoms with Crippen molar-refractivity contribution in [2.45, 2.75) is 19.9 Å². The van der Waals surface area contributed by atoms with Crippen LogP contribution in [0.25, 0.3) is 11.4 Å². The Kier molecular flexibility index (Phi) is 5.57. The van der Waals surface area contributed by atoms with Gasteiger partial charge in [-0.25, -0.2) is 4.79 Å². The summed E-state index contributed by atoms with van der Waals surface area (Å²) < 4.78 is 10.6. The van der Waals surface area contributed by atoms with Gasteiger partial charge in [0.25, 0.3) is 0 Å². The number of nitrogens with zero attached hydrogens (tertiary/aromatic N) is 3. The number of hydrogen-bond acceptors (Lipinski definition) is 5. The molecule has 0 saturated heterocycles. The fourth-order valence-electron chi connectivity index (χ4n) is 2.18. The van der Waals surface area contributed by atoms with E-state index in [1.54, 1.807) is 21.1 Å². The largest absolute Gasteiger partial charge is 0.496 e. The molecule has 0 aliphatic rings. The van der Waals surface area contributed by atoms with Crippen LogP contribution in [-0.4, -0.2) is 41.8 Å². The van der Waals surface area contributed by atoms with Gasteiger partial charge in [-0.1, -0.05) is 29.4 Å². The van der Waals surface area contributed by atoms with Gasteiger partial charge >= 0.3 is 6.03 Å². The molecule has 128 valence electrons. The number of amides is 2. The molecule has 7 nitrogen and oxygen atoms in total.